The van der Waals surface area contributed by atoms with Crippen molar-refractivity contribution >= 4 is 23.8 Å². The molecule has 0 aliphatic heterocycles. The van der Waals surface area contributed by atoms with E-state index in [2.05, 4.69) is 10.3 Å². The summed E-state index contributed by atoms with van der Waals surface area (Å²) in [5.41, 5.74) is 1.60. The highest BCUT2D eigenvalue weighted by molar-refractivity contribution is 7.71. The van der Waals surface area contributed by atoms with Crippen LogP contribution in [0.3, 0.4) is 0 Å². The molecule has 2 aromatic rings. The van der Waals surface area contributed by atoms with Crippen LogP contribution in [-0.4, -0.2) is 28.2 Å². The normalized spacial score (nSPS) is 10.8. The van der Waals surface area contributed by atoms with Gasteiger partial charge in [-0.1, -0.05) is 6.07 Å². The fraction of sp³-hybridized carbons (Fsp3) is 0.286. The first-order chi connectivity index (χ1) is 9.56. The number of benzene rings is 1. The maximum Gasteiger partial charge on any atom is 0.250 e. The zero-order valence-electron chi connectivity index (χ0n) is 11.4. The lowest BCUT2D eigenvalue weighted by atomic mass is 10.2. The van der Waals surface area contributed by atoms with Crippen molar-refractivity contribution in [1.82, 2.24) is 9.55 Å². The van der Waals surface area contributed by atoms with Crippen LogP contribution in [0.25, 0.3) is 5.69 Å². The van der Waals surface area contributed by atoms with Crippen LogP contribution in [0.4, 0.5) is 5.69 Å². The average molecular weight is 291 g/mol. The van der Waals surface area contributed by atoms with Gasteiger partial charge in [0.1, 0.15) is 6.61 Å². The molecule has 0 radical (unpaired) electrons. The van der Waals surface area contributed by atoms with Crippen molar-refractivity contribution < 1.29 is 9.53 Å². The van der Waals surface area contributed by atoms with E-state index in [1.54, 1.807) is 6.20 Å². The molecule has 1 heterocycles. The van der Waals surface area contributed by atoms with E-state index in [1.165, 1.54) is 0 Å². The van der Waals surface area contributed by atoms with Gasteiger partial charge in [0.25, 0.3) is 0 Å². The van der Waals surface area contributed by atoms with Gasteiger partial charge >= 0.3 is 0 Å². The lowest BCUT2D eigenvalue weighted by Crippen LogP contribution is -2.20. The van der Waals surface area contributed by atoms with Gasteiger partial charge in [-0.05, 0) is 44.3 Å². The Morgan fingerprint density at radius 3 is 2.95 bits per heavy atom. The monoisotopic (exact) mass is 291 g/mol. The van der Waals surface area contributed by atoms with Crippen molar-refractivity contribution in [2.75, 3.05) is 11.9 Å². The Kier molecular flexibility index (Phi) is 4.70. The third kappa shape index (κ3) is 3.79. The number of nitrogens with one attached hydrogen (secondary N) is 2. The summed E-state index contributed by atoms with van der Waals surface area (Å²) in [6.07, 6.45) is 3.64. The summed E-state index contributed by atoms with van der Waals surface area (Å²) in [6, 6.07) is 7.47. The number of carbonyl (C=O) groups is 1. The van der Waals surface area contributed by atoms with Gasteiger partial charge in [0.15, 0.2) is 4.77 Å². The second kappa shape index (κ2) is 6.49. The van der Waals surface area contributed by atoms with Crippen LogP contribution in [0.2, 0.25) is 0 Å². The van der Waals surface area contributed by atoms with Crippen molar-refractivity contribution in [1.29, 1.82) is 0 Å². The molecule has 1 aromatic carbocycles. The van der Waals surface area contributed by atoms with Crippen molar-refractivity contribution in [3.63, 3.8) is 0 Å². The zero-order valence-corrected chi connectivity index (χ0v) is 12.2. The summed E-state index contributed by atoms with van der Waals surface area (Å²) < 4.78 is 7.70. The largest absolute Gasteiger partial charge is 0.369 e. The summed E-state index contributed by atoms with van der Waals surface area (Å²) in [6.45, 7) is 3.83. The minimum Gasteiger partial charge on any atom is -0.369 e. The predicted octanol–water partition coefficient (Wildman–Crippen LogP) is 2.90. The van der Waals surface area contributed by atoms with Crippen LogP contribution in [0, 0.1) is 4.77 Å². The minimum absolute atomic E-state index is 0.0327. The van der Waals surface area contributed by atoms with Gasteiger partial charge < -0.3 is 15.0 Å². The number of carbonyl (C=O) groups excluding carboxylic acids is 1. The summed E-state index contributed by atoms with van der Waals surface area (Å²) >= 11 is 5.17. The number of hydrogen-bond donors (Lipinski definition) is 2. The number of ether oxygens (including phenoxy) is 1. The van der Waals surface area contributed by atoms with E-state index in [0.717, 1.165) is 5.69 Å². The lowest BCUT2D eigenvalue weighted by Gasteiger charge is -2.10. The highest BCUT2D eigenvalue weighted by atomic mass is 32.1. The van der Waals surface area contributed by atoms with Gasteiger partial charge in [-0.15, -0.1) is 0 Å². The Labute approximate surface area is 122 Å². The molecule has 0 bridgehead atoms. The maximum absolute atomic E-state index is 11.7. The van der Waals surface area contributed by atoms with Gasteiger partial charge in [-0.3, -0.25) is 9.36 Å². The van der Waals surface area contributed by atoms with Crippen molar-refractivity contribution in [2.24, 2.45) is 0 Å². The molecule has 5 nitrogen and oxygen atoms in total. The summed E-state index contributed by atoms with van der Waals surface area (Å²) in [5.74, 6) is -0.173. The van der Waals surface area contributed by atoms with Gasteiger partial charge in [0.2, 0.25) is 5.91 Å². The summed E-state index contributed by atoms with van der Waals surface area (Å²) in [5, 5.41) is 2.80. The van der Waals surface area contributed by atoms with Crippen molar-refractivity contribution in [2.45, 2.75) is 20.0 Å². The SMILES string of the molecule is CC(C)OCC(=O)Nc1cccc(-n2cc[nH]c2=S)c1. The van der Waals surface area contributed by atoms with Crippen LogP contribution in [0.5, 0.6) is 0 Å². The molecule has 0 saturated carbocycles. The van der Waals surface area contributed by atoms with E-state index in [-0.39, 0.29) is 18.6 Å². The summed E-state index contributed by atoms with van der Waals surface area (Å²) in [7, 11) is 0. The minimum atomic E-state index is -0.173. The molecule has 1 amide bonds. The molecule has 2 N–H and O–H groups in total. The maximum atomic E-state index is 11.7. The summed E-state index contributed by atoms with van der Waals surface area (Å²) in [4.78, 5) is 14.6. The molecular weight excluding hydrogens is 274 g/mol. The molecule has 0 aliphatic rings. The fourth-order valence-corrected chi connectivity index (χ4v) is 1.93. The molecule has 1 aromatic heterocycles. The number of H-pyrrole nitrogens is 1. The predicted molar refractivity (Wildman–Crippen MR) is 80.7 cm³/mol. The first kappa shape index (κ1) is 14.5. The molecule has 0 saturated heterocycles. The standard InChI is InChI=1S/C14H17N3O2S/c1-10(2)19-9-13(18)16-11-4-3-5-12(8-11)17-7-6-15-14(17)20/h3-8,10H,9H2,1-2H3,(H,15,20)(H,16,18). The highest BCUT2D eigenvalue weighted by Crippen LogP contribution is 2.15. The smallest absolute Gasteiger partial charge is 0.250 e. The number of aromatic amines is 1. The molecule has 106 valence electrons. The van der Waals surface area contributed by atoms with E-state index < -0.39 is 0 Å². The number of nitrogens with zero attached hydrogens (tertiary/aromatic N) is 1. The first-order valence-electron chi connectivity index (χ1n) is 6.34. The Morgan fingerprint density at radius 1 is 1.50 bits per heavy atom. The Balaban J connectivity index is 2.09. The van der Waals surface area contributed by atoms with E-state index in [1.807, 2.05) is 48.9 Å². The lowest BCUT2D eigenvalue weighted by molar-refractivity contribution is -0.121. The van der Waals surface area contributed by atoms with Crippen LogP contribution in [0.1, 0.15) is 13.8 Å². The molecule has 0 aliphatic carbocycles. The van der Waals surface area contributed by atoms with Gasteiger partial charge in [0, 0.05) is 23.8 Å². The zero-order chi connectivity index (χ0) is 14.5. The van der Waals surface area contributed by atoms with Gasteiger partial charge in [-0.2, -0.15) is 0 Å². The van der Waals surface area contributed by atoms with E-state index in [0.29, 0.717) is 10.5 Å². The number of anilines is 1. The third-order valence-corrected chi connectivity index (χ3v) is 2.92. The second-order valence-electron chi connectivity index (χ2n) is 4.59. The highest BCUT2D eigenvalue weighted by Gasteiger charge is 2.05. The Bertz CT molecular complexity index is 646. The second-order valence-corrected chi connectivity index (χ2v) is 4.98. The fourth-order valence-electron chi connectivity index (χ4n) is 1.70. The van der Waals surface area contributed by atoms with Crippen LogP contribution in [-0.2, 0) is 9.53 Å². The van der Waals surface area contributed by atoms with E-state index in [4.69, 9.17) is 17.0 Å². The molecule has 6 heteroatoms. The Morgan fingerprint density at radius 2 is 2.30 bits per heavy atom. The molecule has 0 spiro atoms. The van der Waals surface area contributed by atoms with Gasteiger partial charge in [0.05, 0.1) is 6.10 Å². The molecule has 0 fully saturated rings. The number of rotatable bonds is 5. The first-order valence-corrected chi connectivity index (χ1v) is 6.75. The van der Waals surface area contributed by atoms with E-state index >= 15 is 0 Å². The Hall–Kier alpha value is -1.92. The van der Waals surface area contributed by atoms with Crippen LogP contribution in [0.15, 0.2) is 36.7 Å². The number of imidazole rings is 1. The van der Waals surface area contributed by atoms with E-state index in [9.17, 15) is 4.79 Å². The average Bonchev–Trinajstić information content (AvgIpc) is 2.83. The van der Waals surface area contributed by atoms with Gasteiger partial charge in [-0.25, -0.2) is 0 Å². The third-order valence-electron chi connectivity index (χ3n) is 2.61. The number of hydrogen-bond acceptors (Lipinski definition) is 3. The van der Waals surface area contributed by atoms with Crippen LogP contribution < -0.4 is 5.32 Å². The quantitative estimate of drug-likeness (QED) is 0.833. The molecule has 0 atom stereocenters. The van der Waals surface area contributed by atoms with Crippen molar-refractivity contribution in [3.8, 4) is 5.69 Å². The topological polar surface area (TPSA) is 59.0 Å². The molecule has 20 heavy (non-hydrogen) atoms. The van der Waals surface area contributed by atoms with Crippen molar-refractivity contribution in [3.05, 3.63) is 41.4 Å². The molecular formula is C14H17N3O2S. The molecule has 0 unspecified atom stereocenters. The molecule has 2 rings (SSSR count). The number of amides is 1. The number of aromatic nitrogens is 2. The van der Waals surface area contributed by atoms with Crippen LogP contribution >= 0.6 is 12.2 Å².